The molecular weight excluding hydrogens is 233 g/mol. The normalized spacial score (nSPS) is 13.5. The van der Waals surface area contributed by atoms with Crippen LogP contribution in [0.1, 0.15) is 13.3 Å². The van der Waals surface area contributed by atoms with E-state index in [1.165, 1.54) is 0 Å². The van der Waals surface area contributed by atoms with Gasteiger partial charge in [0.15, 0.2) is 0 Å². The Labute approximate surface area is 87.3 Å². The highest BCUT2D eigenvalue weighted by molar-refractivity contribution is 7.89. The second-order valence-corrected chi connectivity index (χ2v) is 5.14. The molecule has 0 aliphatic rings. The van der Waals surface area contributed by atoms with E-state index in [2.05, 4.69) is 0 Å². The Hall–Kier alpha value is -0.340. The summed E-state index contributed by atoms with van der Waals surface area (Å²) in [7, 11) is -3.83. The molecule has 0 aromatic carbocycles. The quantitative estimate of drug-likeness (QED) is 0.746. The van der Waals surface area contributed by atoms with E-state index in [4.69, 9.17) is 5.73 Å². The van der Waals surface area contributed by atoms with Gasteiger partial charge in [-0.25, -0.2) is 8.42 Å². The van der Waals surface area contributed by atoms with Crippen molar-refractivity contribution < 1.29 is 21.6 Å². The van der Waals surface area contributed by atoms with Gasteiger partial charge in [-0.15, -0.1) is 0 Å². The third-order valence-corrected chi connectivity index (χ3v) is 3.61. The first-order valence-corrected chi connectivity index (χ1v) is 6.08. The molecular formula is C7H15F3N2O2S. The molecule has 8 heteroatoms. The van der Waals surface area contributed by atoms with E-state index in [-0.39, 0.29) is 25.3 Å². The van der Waals surface area contributed by atoms with Crippen LogP contribution < -0.4 is 5.73 Å². The second kappa shape index (κ2) is 5.66. The molecule has 0 unspecified atom stereocenters. The van der Waals surface area contributed by atoms with E-state index in [1.54, 1.807) is 6.92 Å². The van der Waals surface area contributed by atoms with Gasteiger partial charge in [0, 0.05) is 13.1 Å². The van der Waals surface area contributed by atoms with Crippen molar-refractivity contribution in [2.45, 2.75) is 19.5 Å². The minimum atomic E-state index is -4.53. The van der Waals surface area contributed by atoms with Gasteiger partial charge in [-0.2, -0.15) is 17.5 Å². The molecule has 0 bridgehead atoms. The van der Waals surface area contributed by atoms with E-state index in [9.17, 15) is 21.6 Å². The fourth-order valence-corrected chi connectivity index (χ4v) is 2.55. The Morgan fingerprint density at radius 3 is 2.20 bits per heavy atom. The van der Waals surface area contributed by atoms with Crippen molar-refractivity contribution in [1.29, 1.82) is 0 Å². The third kappa shape index (κ3) is 5.95. The van der Waals surface area contributed by atoms with Crippen LogP contribution in [-0.2, 0) is 10.0 Å². The highest BCUT2D eigenvalue weighted by atomic mass is 32.2. The molecule has 0 aromatic heterocycles. The maximum atomic E-state index is 12.1. The Bertz CT molecular complexity index is 276. The van der Waals surface area contributed by atoms with Gasteiger partial charge in [0.1, 0.15) is 6.54 Å². The van der Waals surface area contributed by atoms with Crippen molar-refractivity contribution >= 4 is 10.0 Å². The molecule has 0 fully saturated rings. The highest BCUT2D eigenvalue weighted by Gasteiger charge is 2.35. The zero-order valence-electron chi connectivity index (χ0n) is 8.42. The molecule has 2 N–H and O–H groups in total. The summed E-state index contributed by atoms with van der Waals surface area (Å²) >= 11 is 0. The highest BCUT2D eigenvalue weighted by Crippen LogP contribution is 2.18. The van der Waals surface area contributed by atoms with Gasteiger partial charge >= 0.3 is 6.18 Å². The molecule has 15 heavy (non-hydrogen) atoms. The summed E-state index contributed by atoms with van der Waals surface area (Å²) in [6.45, 7) is -0.306. The largest absolute Gasteiger partial charge is 0.402 e. The lowest BCUT2D eigenvalue weighted by molar-refractivity contribution is -0.135. The average Bonchev–Trinajstić information content (AvgIpc) is 2.01. The summed E-state index contributed by atoms with van der Waals surface area (Å²) in [5.74, 6) is -0.289. The summed E-state index contributed by atoms with van der Waals surface area (Å²) in [5.41, 5.74) is 5.07. The summed E-state index contributed by atoms with van der Waals surface area (Å²) in [6.07, 6.45) is -4.25. The maximum absolute atomic E-state index is 12.1. The lowest BCUT2D eigenvalue weighted by Gasteiger charge is -2.22. The smallest absolute Gasteiger partial charge is 0.329 e. The van der Waals surface area contributed by atoms with E-state index in [1.807, 2.05) is 0 Å². The summed E-state index contributed by atoms with van der Waals surface area (Å²) in [6, 6.07) is 0. The third-order valence-electron chi connectivity index (χ3n) is 1.59. The van der Waals surface area contributed by atoms with Gasteiger partial charge in [0.05, 0.1) is 5.75 Å². The molecule has 0 saturated carbocycles. The number of sulfonamides is 1. The number of halogens is 3. The number of nitrogens with zero attached hydrogens (tertiary/aromatic N) is 1. The first kappa shape index (κ1) is 14.7. The minimum absolute atomic E-state index is 0.126. The van der Waals surface area contributed by atoms with Crippen LogP contribution in [0.3, 0.4) is 0 Å². The van der Waals surface area contributed by atoms with Crippen LogP contribution in [0.4, 0.5) is 13.2 Å². The summed E-state index contributed by atoms with van der Waals surface area (Å²) < 4.78 is 59.3. The van der Waals surface area contributed by atoms with E-state index < -0.39 is 22.7 Å². The predicted octanol–water partition coefficient (Wildman–Crippen LogP) is 0.549. The Balaban J connectivity index is 4.66. The number of hydrogen-bond donors (Lipinski definition) is 1. The monoisotopic (exact) mass is 248 g/mol. The Morgan fingerprint density at radius 2 is 1.87 bits per heavy atom. The molecule has 0 aliphatic carbocycles. The molecule has 0 saturated heterocycles. The standard InChI is InChI=1S/C7H15F3N2O2S/c1-2-5-15(13,14)12(4-3-11)6-7(8,9)10/h2-6,11H2,1H3. The van der Waals surface area contributed by atoms with Crippen LogP contribution in [0.15, 0.2) is 0 Å². The average molecular weight is 248 g/mol. The van der Waals surface area contributed by atoms with Gasteiger partial charge in [-0.1, -0.05) is 6.92 Å². The molecule has 0 atom stereocenters. The van der Waals surface area contributed by atoms with Crippen molar-refractivity contribution in [3.05, 3.63) is 0 Å². The predicted molar refractivity (Wildman–Crippen MR) is 50.8 cm³/mol. The van der Waals surface area contributed by atoms with Crippen molar-refractivity contribution in [2.75, 3.05) is 25.4 Å². The van der Waals surface area contributed by atoms with E-state index in [0.717, 1.165) is 0 Å². The van der Waals surface area contributed by atoms with Crippen molar-refractivity contribution in [3.8, 4) is 0 Å². The number of hydrogen-bond acceptors (Lipinski definition) is 3. The molecule has 0 aromatic rings. The van der Waals surface area contributed by atoms with Crippen LogP contribution in [0.25, 0.3) is 0 Å². The minimum Gasteiger partial charge on any atom is -0.329 e. The van der Waals surface area contributed by atoms with Gasteiger partial charge in [0.2, 0.25) is 10.0 Å². The lowest BCUT2D eigenvalue weighted by atomic mass is 10.5. The molecule has 4 nitrogen and oxygen atoms in total. The Morgan fingerprint density at radius 1 is 1.33 bits per heavy atom. The van der Waals surface area contributed by atoms with Gasteiger partial charge in [0.25, 0.3) is 0 Å². The molecule has 0 amide bonds. The topological polar surface area (TPSA) is 63.4 Å². The first-order chi connectivity index (χ1) is 6.73. The van der Waals surface area contributed by atoms with Gasteiger partial charge in [-0.3, -0.25) is 0 Å². The molecule has 0 spiro atoms. The molecule has 0 rings (SSSR count). The fourth-order valence-electron chi connectivity index (χ4n) is 1.05. The lowest BCUT2D eigenvalue weighted by Crippen LogP contribution is -2.42. The van der Waals surface area contributed by atoms with Crippen LogP contribution in [0.5, 0.6) is 0 Å². The van der Waals surface area contributed by atoms with Crippen LogP contribution >= 0.6 is 0 Å². The first-order valence-electron chi connectivity index (χ1n) is 4.47. The van der Waals surface area contributed by atoms with Gasteiger partial charge < -0.3 is 5.73 Å². The van der Waals surface area contributed by atoms with Gasteiger partial charge in [-0.05, 0) is 6.42 Å². The van der Waals surface area contributed by atoms with Crippen LogP contribution in [0, 0.1) is 0 Å². The van der Waals surface area contributed by atoms with E-state index >= 15 is 0 Å². The number of rotatable bonds is 6. The van der Waals surface area contributed by atoms with Crippen molar-refractivity contribution in [2.24, 2.45) is 5.73 Å². The second-order valence-electron chi connectivity index (χ2n) is 3.05. The maximum Gasteiger partial charge on any atom is 0.402 e. The van der Waals surface area contributed by atoms with E-state index in [0.29, 0.717) is 4.31 Å². The molecule has 0 heterocycles. The van der Waals surface area contributed by atoms with Crippen molar-refractivity contribution in [3.63, 3.8) is 0 Å². The van der Waals surface area contributed by atoms with Crippen LogP contribution in [-0.4, -0.2) is 44.3 Å². The van der Waals surface area contributed by atoms with Crippen LogP contribution in [0.2, 0.25) is 0 Å². The molecule has 0 aliphatic heterocycles. The zero-order chi connectivity index (χ0) is 12.1. The number of alkyl halides is 3. The fraction of sp³-hybridized carbons (Fsp3) is 1.00. The summed E-state index contributed by atoms with van der Waals surface area (Å²) in [4.78, 5) is 0. The molecule has 92 valence electrons. The number of nitrogens with two attached hydrogens (primary N) is 1. The van der Waals surface area contributed by atoms with Crippen molar-refractivity contribution in [1.82, 2.24) is 4.31 Å². The SMILES string of the molecule is CCCS(=O)(=O)N(CCN)CC(F)(F)F. The Kier molecular flexibility index (Phi) is 5.54. The molecule has 0 radical (unpaired) electrons. The zero-order valence-corrected chi connectivity index (χ0v) is 9.24. The summed E-state index contributed by atoms with van der Waals surface area (Å²) in [5, 5.41) is 0.